The SMILES string of the molecule is [CH]CCC1CCC2OC2C1. The maximum atomic E-state index is 5.48. The van der Waals surface area contributed by atoms with Gasteiger partial charge in [0.25, 0.3) is 0 Å². The molecule has 0 amide bonds. The molecule has 1 saturated heterocycles. The van der Waals surface area contributed by atoms with Gasteiger partial charge < -0.3 is 4.74 Å². The van der Waals surface area contributed by atoms with Gasteiger partial charge in [-0.05, 0) is 38.5 Å². The van der Waals surface area contributed by atoms with E-state index in [9.17, 15) is 0 Å². The van der Waals surface area contributed by atoms with E-state index in [1.165, 1.54) is 25.7 Å². The minimum Gasteiger partial charge on any atom is -0.370 e. The summed E-state index contributed by atoms with van der Waals surface area (Å²) in [6.45, 7) is 5.48. The number of epoxide rings is 1. The molecule has 2 radical (unpaired) electrons. The lowest BCUT2D eigenvalue weighted by Gasteiger charge is -2.17. The minimum atomic E-state index is 0.630. The van der Waals surface area contributed by atoms with E-state index in [4.69, 9.17) is 11.7 Å². The summed E-state index contributed by atoms with van der Waals surface area (Å²) in [7, 11) is 0. The first-order valence-electron chi connectivity index (χ1n) is 4.25. The Morgan fingerprint density at radius 2 is 2.20 bits per heavy atom. The average molecular weight is 138 g/mol. The third-order valence-corrected chi connectivity index (χ3v) is 2.69. The second-order valence-corrected chi connectivity index (χ2v) is 3.47. The van der Waals surface area contributed by atoms with E-state index in [1.54, 1.807) is 0 Å². The largest absolute Gasteiger partial charge is 0.370 e. The zero-order valence-electron chi connectivity index (χ0n) is 6.25. The van der Waals surface area contributed by atoms with Crippen LogP contribution in [-0.4, -0.2) is 12.2 Å². The molecule has 3 unspecified atom stereocenters. The zero-order chi connectivity index (χ0) is 6.97. The van der Waals surface area contributed by atoms with Gasteiger partial charge in [-0.1, -0.05) is 6.42 Å². The molecule has 0 bridgehead atoms. The van der Waals surface area contributed by atoms with Gasteiger partial charge >= 0.3 is 0 Å². The number of hydrogen-bond acceptors (Lipinski definition) is 1. The maximum absolute atomic E-state index is 5.48. The van der Waals surface area contributed by atoms with Gasteiger partial charge in [0.15, 0.2) is 0 Å². The smallest absolute Gasteiger partial charge is 0.0844 e. The van der Waals surface area contributed by atoms with Crippen LogP contribution in [0, 0.1) is 12.8 Å². The van der Waals surface area contributed by atoms with Crippen molar-refractivity contribution in [2.75, 3.05) is 0 Å². The Labute approximate surface area is 62.8 Å². The van der Waals surface area contributed by atoms with Crippen molar-refractivity contribution in [2.24, 2.45) is 5.92 Å². The molecule has 1 aliphatic carbocycles. The van der Waals surface area contributed by atoms with Gasteiger partial charge in [0.05, 0.1) is 12.2 Å². The Balaban J connectivity index is 1.77. The molecule has 10 heavy (non-hydrogen) atoms. The summed E-state index contributed by atoms with van der Waals surface area (Å²) in [5.74, 6) is 0.869. The summed E-state index contributed by atoms with van der Waals surface area (Å²) in [6, 6.07) is 0. The van der Waals surface area contributed by atoms with E-state index in [0.29, 0.717) is 12.2 Å². The standard InChI is InChI=1S/C9H14O/c1-2-3-7-4-5-8-9(6-7)10-8/h1,7-9H,2-6H2. The molecule has 0 aromatic carbocycles. The zero-order valence-corrected chi connectivity index (χ0v) is 6.25. The quantitative estimate of drug-likeness (QED) is 0.532. The monoisotopic (exact) mass is 138 g/mol. The molecule has 0 N–H and O–H groups in total. The van der Waals surface area contributed by atoms with E-state index >= 15 is 0 Å². The van der Waals surface area contributed by atoms with E-state index in [1.807, 2.05) is 0 Å². The predicted molar refractivity (Wildman–Crippen MR) is 39.5 cm³/mol. The first-order chi connectivity index (χ1) is 4.90. The highest BCUT2D eigenvalue weighted by atomic mass is 16.6. The molecule has 0 aromatic heterocycles. The van der Waals surface area contributed by atoms with Crippen LogP contribution in [0.15, 0.2) is 0 Å². The normalized spacial score (nSPS) is 44.7. The van der Waals surface area contributed by atoms with Gasteiger partial charge in [0.2, 0.25) is 0 Å². The molecule has 1 aliphatic heterocycles. The Bertz CT molecular complexity index is 122. The van der Waals surface area contributed by atoms with Crippen LogP contribution in [-0.2, 0) is 4.74 Å². The van der Waals surface area contributed by atoms with Gasteiger partial charge in [0, 0.05) is 0 Å². The van der Waals surface area contributed by atoms with Crippen molar-refractivity contribution < 1.29 is 4.74 Å². The lowest BCUT2D eigenvalue weighted by atomic mass is 9.86. The summed E-state index contributed by atoms with van der Waals surface area (Å²) in [5.41, 5.74) is 0. The number of rotatable bonds is 2. The van der Waals surface area contributed by atoms with Crippen LogP contribution in [0.1, 0.15) is 32.1 Å². The van der Waals surface area contributed by atoms with E-state index in [2.05, 4.69) is 0 Å². The second-order valence-electron chi connectivity index (χ2n) is 3.47. The van der Waals surface area contributed by atoms with Crippen LogP contribution in [0.4, 0.5) is 0 Å². The highest BCUT2D eigenvalue weighted by Crippen LogP contribution is 2.40. The van der Waals surface area contributed by atoms with Crippen LogP contribution < -0.4 is 0 Å². The van der Waals surface area contributed by atoms with Crippen molar-refractivity contribution in [3.63, 3.8) is 0 Å². The number of hydrogen-bond donors (Lipinski definition) is 0. The molecule has 2 fully saturated rings. The fourth-order valence-electron chi connectivity index (χ4n) is 1.98. The molecule has 1 saturated carbocycles. The van der Waals surface area contributed by atoms with Crippen molar-refractivity contribution in [2.45, 2.75) is 44.3 Å². The first-order valence-corrected chi connectivity index (χ1v) is 4.25. The van der Waals surface area contributed by atoms with Crippen LogP contribution >= 0.6 is 0 Å². The first kappa shape index (κ1) is 6.66. The van der Waals surface area contributed by atoms with Crippen LogP contribution in [0.2, 0.25) is 0 Å². The Kier molecular flexibility index (Phi) is 1.69. The fourth-order valence-corrected chi connectivity index (χ4v) is 1.98. The molecule has 0 spiro atoms. The third-order valence-electron chi connectivity index (χ3n) is 2.69. The summed E-state index contributed by atoms with van der Waals surface area (Å²) >= 11 is 0. The lowest BCUT2D eigenvalue weighted by Crippen LogP contribution is -2.12. The fraction of sp³-hybridized carbons (Fsp3) is 0.889. The molecular formula is C9H14O. The summed E-state index contributed by atoms with van der Waals surface area (Å²) in [4.78, 5) is 0. The molecule has 0 aromatic rings. The van der Waals surface area contributed by atoms with E-state index in [-0.39, 0.29) is 0 Å². The number of fused-ring (bicyclic) bond motifs is 1. The molecular weight excluding hydrogens is 124 g/mol. The van der Waals surface area contributed by atoms with Gasteiger partial charge in [-0.15, -0.1) is 0 Å². The van der Waals surface area contributed by atoms with Gasteiger partial charge in [0.1, 0.15) is 0 Å². The Morgan fingerprint density at radius 3 is 2.90 bits per heavy atom. The highest BCUT2D eigenvalue weighted by Gasteiger charge is 2.43. The average Bonchev–Trinajstić information content (AvgIpc) is 2.66. The summed E-state index contributed by atoms with van der Waals surface area (Å²) in [5, 5.41) is 0. The summed E-state index contributed by atoms with van der Waals surface area (Å²) in [6.07, 6.45) is 7.24. The van der Waals surface area contributed by atoms with Crippen LogP contribution in [0.5, 0.6) is 0 Å². The van der Waals surface area contributed by atoms with Gasteiger partial charge in [-0.3, -0.25) is 0 Å². The molecule has 3 atom stereocenters. The molecule has 1 nitrogen and oxygen atoms in total. The van der Waals surface area contributed by atoms with Crippen molar-refractivity contribution in [3.05, 3.63) is 6.92 Å². The van der Waals surface area contributed by atoms with Crippen molar-refractivity contribution >= 4 is 0 Å². The summed E-state index contributed by atoms with van der Waals surface area (Å²) < 4.78 is 5.41. The van der Waals surface area contributed by atoms with Crippen LogP contribution in [0.25, 0.3) is 0 Å². The van der Waals surface area contributed by atoms with Crippen molar-refractivity contribution in [3.8, 4) is 0 Å². The Morgan fingerprint density at radius 1 is 1.30 bits per heavy atom. The van der Waals surface area contributed by atoms with E-state index in [0.717, 1.165) is 12.3 Å². The third kappa shape index (κ3) is 1.20. The molecule has 2 rings (SSSR count). The second kappa shape index (κ2) is 2.54. The molecule has 1 heteroatoms. The molecule has 2 aliphatic rings. The molecule has 56 valence electrons. The van der Waals surface area contributed by atoms with Gasteiger partial charge in [-0.25, -0.2) is 0 Å². The lowest BCUT2D eigenvalue weighted by molar-refractivity contribution is 0.352. The highest BCUT2D eigenvalue weighted by molar-refractivity contribution is 4.91. The topological polar surface area (TPSA) is 12.5 Å². The van der Waals surface area contributed by atoms with E-state index < -0.39 is 0 Å². The molecule has 1 heterocycles. The van der Waals surface area contributed by atoms with Crippen molar-refractivity contribution in [1.82, 2.24) is 0 Å². The number of ether oxygens (including phenoxy) is 1. The Hall–Kier alpha value is -0.0400. The minimum absolute atomic E-state index is 0.630. The maximum Gasteiger partial charge on any atom is 0.0844 e. The van der Waals surface area contributed by atoms with Crippen LogP contribution in [0.3, 0.4) is 0 Å². The van der Waals surface area contributed by atoms with Crippen molar-refractivity contribution in [1.29, 1.82) is 0 Å². The predicted octanol–water partition coefficient (Wildman–Crippen LogP) is 2.05. The van der Waals surface area contributed by atoms with Gasteiger partial charge in [-0.2, -0.15) is 0 Å².